The van der Waals surface area contributed by atoms with Gasteiger partial charge >= 0.3 is 0 Å². The zero-order valence-electron chi connectivity index (χ0n) is 17.3. The molecular formula is C22H27F2N3O3S. The Morgan fingerprint density at radius 1 is 1.23 bits per heavy atom. The molecule has 2 fully saturated rings. The summed E-state index contributed by atoms with van der Waals surface area (Å²) in [7, 11) is 0. The number of aryl methyl sites for hydroxylation is 1. The number of fused-ring (bicyclic) bond motifs is 3. The van der Waals surface area contributed by atoms with Crippen molar-refractivity contribution >= 4 is 27.5 Å². The number of aromatic nitrogens is 1. The van der Waals surface area contributed by atoms with E-state index in [1.54, 1.807) is 17.5 Å². The monoisotopic (exact) mass is 451 g/mol. The number of ether oxygens (including phenoxy) is 2. The molecule has 0 radical (unpaired) electrons. The van der Waals surface area contributed by atoms with Gasteiger partial charge in [-0.3, -0.25) is 4.79 Å². The summed E-state index contributed by atoms with van der Waals surface area (Å²) >= 11 is 1.67. The Morgan fingerprint density at radius 2 is 1.97 bits per heavy atom. The van der Waals surface area contributed by atoms with Crippen LogP contribution in [0.4, 0.5) is 8.78 Å². The quantitative estimate of drug-likeness (QED) is 0.700. The minimum atomic E-state index is -1.39. The van der Waals surface area contributed by atoms with Crippen molar-refractivity contribution in [1.82, 2.24) is 9.88 Å². The van der Waals surface area contributed by atoms with Crippen molar-refractivity contribution in [3.05, 3.63) is 22.7 Å². The molecule has 3 aliphatic rings. The van der Waals surface area contributed by atoms with Gasteiger partial charge in [-0.25, -0.2) is 18.7 Å². The summed E-state index contributed by atoms with van der Waals surface area (Å²) in [6.45, 7) is -0.136. The first-order valence-electron chi connectivity index (χ1n) is 11.0. The Balaban J connectivity index is 1.31. The van der Waals surface area contributed by atoms with Crippen LogP contribution in [0.5, 0.6) is 5.75 Å². The number of amides is 1. The largest absolute Gasteiger partial charge is 0.490 e. The van der Waals surface area contributed by atoms with Crippen LogP contribution < -0.4 is 10.5 Å². The first-order chi connectivity index (χ1) is 15.0. The maximum atomic E-state index is 14.2. The standard InChI is InChI=1S/C22H27F2N3O3S/c23-17-10-29-11-18(24)27(17)13-2-4-14(5-3-13)30-15-7-8-26-22-21(15)20-12(9-19(25)28)1-6-16(20)31-22/h7-8,12-14,17-18H,1-6,9-11H2,(H2,25,28)/t12-,13?,14?,17-,18+/m1/s1. The van der Waals surface area contributed by atoms with E-state index in [0.717, 1.165) is 41.6 Å². The van der Waals surface area contributed by atoms with Crippen molar-refractivity contribution in [2.75, 3.05) is 13.2 Å². The molecule has 1 aliphatic heterocycles. The lowest BCUT2D eigenvalue weighted by molar-refractivity contribution is -0.163. The van der Waals surface area contributed by atoms with Gasteiger partial charge in [0.2, 0.25) is 5.91 Å². The van der Waals surface area contributed by atoms with E-state index in [-0.39, 0.29) is 37.2 Å². The van der Waals surface area contributed by atoms with Crippen molar-refractivity contribution in [2.24, 2.45) is 5.73 Å². The minimum Gasteiger partial charge on any atom is -0.490 e. The Morgan fingerprint density at radius 3 is 2.68 bits per heavy atom. The molecule has 2 aliphatic carbocycles. The second-order valence-electron chi connectivity index (χ2n) is 8.74. The van der Waals surface area contributed by atoms with E-state index in [0.29, 0.717) is 19.3 Å². The molecule has 0 spiro atoms. The Bertz CT molecular complexity index is 953. The summed E-state index contributed by atoms with van der Waals surface area (Å²) in [6, 6.07) is 1.76. The number of carbonyl (C=O) groups excluding carboxylic acids is 1. The summed E-state index contributed by atoms with van der Waals surface area (Å²) < 4.78 is 39.8. The molecular weight excluding hydrogens is 424 g/mol. The third kappa shape index (κ3) is 4.03. The predicted molar refractivity (Wildman–Crippen MR) is 114 cm³/mol. The van der Waals surface area contributed by atoms with Crippen molar-refractivity contribution in [2.45, 2.75) is 75.6 Å². The van der Waals surface area contributed by atoms with E-state index in [1.165, 1.54) is 15.3 Å². The Labute approximate surface area is 183 Å². The van der Waals surface area contributed by atoms with Gasteiger partial charge < -0.3 is 15.2 Å². The predicted octanol–water partition coefficient (Wildman–Crippen LogP) is 3.81. The lowest BCUT2D eigenvalue weighted by Crippen LogP contribution is -2.54. The molecule has 3 atom stereocenters. The second-order valence-corrected chi connectivity index (χ2v) is 9.82. The number of nitrogens with two attached hydrogens (primary N) is 1. The van der Waals surface area contributed by atoms with E-state index >= 15 is 0 Å². The normalized spacial score (nSPS) is 31.6. The number of primary amides is 1. The molecule has 2 N–H and O–H groups in total. The van der Waals surface area contributed by atoms with E-state index < -0.39 is 12.6 Å². The van der Waals surface area contributed by atoms with Gasteiger partial charge in [-0.1, -0.05) is 0 Å². The lowest BCUT2D eigenvalue weighted by Gasteiger charge is -2.42. The van der Waals surface area contributed by atoms with Crippen LogP contribution in [0, 0.1) is 0 Å². The topological polar surface area (TPSA) is 77.7 Å². The third-order valence-corrected chi connectivity index (χ3v) is 7.93. The molecule has 2 aromatic heterocycles. The van der Waals surface area contributed by atoms with E-state index in [1.807, 2.05) is 6.07 Å². The molecule has 3 heterocycles. The van der Waals surface area contributed by atoms with E-state index in [4.69, 9.17) is 15.2 Å². The number of hydrogen-bond acceptors (Lipinski definition) is 6. The number of morpholine rings is 1. The summed E-state index contributed by atoms with van der Waals surface area (Å²) in [5.74, 6) is 0.621. The lowest BCUT2D eigenvalue weighted by atomic mass is 9.91. The number of nitrogens with zero attached hydrogens (tertiary/aromatic N) is 2. The Hall–Kier alpha value is -1.84. The molecule has 1 saturated carbocycles. The smallest absolute Gasteiger partial charge is 0.218 e. The average Bonchev–Trinajstić information content (AvgIpc) is 3.29. The average molecular weight is 452 g/mol. The summed E-state index contributed by atoms with van der Waals surface area (Å²) in [6.07, 6.45) is 4.03. The van der Waals surface area contributed by atoms with E-state index in [9.17, 15) is 13.6 Å². The van der Waals surface area contributed by atoms with Crippen molar-refractivity contribution in [3.63, 3.8) is 0 Å². The zero-order valence-corrected chi connectivity index (χ0v) is 18.1. The van der Waals surface area contributed by atoms with Gasteiger partial charge in [0, 0.05) is 23.5 Å². The van der Waals surface area contributed by atoms with Gasteiger partial charge in [0.15, 0.2) is 12.6 Å². The maximum absolute atomic E-state index is 14.2. The van der Waals surface area contributed by atoms with Crippen LogP contribution in [0.1, 0.15) is 54.9 Å². The zero-order chi connectivity index (χ0) is 21.5. The van der Waals surface area contributed by atoms with Crippen molar-refractivity contribution < 1.29 is 23.0 Å². The molecule has 5 rings (SSSR count). The second kappa shape index (κ2) is 8.60. The number of alkyl halides is 2. The Kier molecular flexibility index (Phi) is 5.83. The number of thiophene rings is 1. The fourth-order valence-electron chi connectivity index (χ4n) is 5.38. The minimum absolute atomic E-state index is 0.00874. The number of halogens is 2. The van der Waals surface area contributed by atoms with Crippen LogP contribution >= 0.6 is 11.3 Å². The molecule has 6 nitrogen and oxygen atoms in total. The molecule has 0 unspecified atom stereocenters. The fourth-order valence-corrected chi connectivity index (χ4v) is 6.64. The molecule has 0 aromatic carbocycles. The van der Waals surface area contributed by atoms with Crippen LogP contribution in [0.15, 0.2) is 12.3 Å². The highest BCUT2D eigenvalue weighted by Gasteiger charge is 2.39. The summed E-state index contributed by atoms with van der Waals surface area (Å²) in [5, 5.41) is 1.01. The molecule has 1 saturated heterocycles. The summed E-state index contributed by atoms with van der Waals surface area (Å²) in [4.78, 5) is 19.6. The number of rotatable bonds is 5. The molecule has 0 bridgehead atoms. The van der Waals surface area contributed by atoms with Crippen molar-refractivity contribution in [3.8, 4) is 5.75 Å². The highest BCUT2D eigenvalue weighted by Crippen LogP contribution is 2.48. The molecule has 168 valence electrons. The molecule has 9 heteroatoms. The maximum Gasteiger partial charge on any atom is 0.218 e. The van der Waals surface area contributed by atoms with Crippen LogP contribution in [0.3, 0.4) is 0 Å². The SMILES string of the molecule is NC(=O)C[C@H]1CCc2sc3nccc(OC4CCC(N5[C@H](F)COC[C@@H]5F)CC4)c3c21. The third-order valence-electron chi connectivity index (χ3n) is 6.76. The molecule has 31 heavy (non-hydrogen) atoms. The number of pyridine rings is 1. The highest BCUT2D eigenvalue weighted by molar-refractivity contribution is 7.19. The van der Waals surface area contributed by atoms with Gasteiger partial charge in [-0.15, -0.1) is 11.3 Å². The van der Waals surface area contributed by atoms with Crippen LogP contribution in [0.25, 0.3) is 10.2 Å². The fraction of sp³-hybridized carbons (Fsp3) is 0.636. The van der Waals surface area contributed by atoms with Crippen LogP contribution in [-0.4, -0.2) is 53.7 Å². The van der Waals surface area contributed by atoms with Gasteiger partial charge in [-0.2, -0.15) is 0 Å². The van der Waals surface area contributed by atoms with Crippen LogP contribution in [-0.2, 0) is 16.0 Å². The van der Waals surface area contributed by atoms with Crippen molar-refractivity contribution in [1.29, 1.82) is 0 Å². The van der Waals surface area contributed by atoms with Gasteiger partial charge in [0.25, 0.3) is 0 Å². The first kappa shape index (κ1) is 21.0. The van der Waals surface area contributed by atoms with Gasteiger partial charge in [-0.05, 0) is 56.1 Å². The number of hydrogen-bond donors (Lipinski definition) is 1. The number of carbonyl (C=O) groups is 1. The van der Waals surface area contributed by atoms with E-state index in [2.05, 4.69) is 4.98 Å². The molecule has 1 amide bonds. The molecule has 2 aromatic rings. The first-order valence-corrected chi connectivity index (χ1v) is 11.8. The van der Waals surface area contributed by atoms with Crippen LogP contribution in [0.2, 0.25) is 0 Å². The van der Waals surface area contributed by atoms with Gasteiger partial charge in [0.1, 0.15) is 10.6 Å². The highest BCUT2D eigenvalue weighted by atomic mass is 32.1. The van der Waals surface area contributed by atoms with Gasteiger partial charge in [0.05, 0.1) is 24.7 Å². The summed E-state index contributed by atoms with van der Waals surface area (Å²) in [5.41, 5.74) is 6.65.